The second-order valence-electron chi connectivity index (χ2n) is 6.61. The van der Waals surface area contributed by atoms with Crippen LogP contribution in [0.2, 0.25) is 0 Å². The number of hydrogen-bond acceptors (Lipinski definition) is 4. The van der Waals surface area contributed by atoms with Gasteiger partial charge in [-0.1, -0.05) is 30.3 Å². The van der Waals surface area contributed by atoms with E-state index in [1.807, 2.05) is 66.5 Å². The van der Waals surface area contributed by atoms with Crippen molar-refractivity contribution in [3.8, 4) is 5.75 Å². The maximum absolute atomic E-state index is 12.0. The molecule has 1 aromatic heterocycles. The third-order valence-electron chi connectivity index (χ3n) is 4.42. The van der Waals surface area contributed by atoms with E-state index in [4.69, 9.17) is 9.15 Å². The molecule has 3 aromatic rings. The maximum atomic E-state index is 12.0. The van der Waals surface area contributed by atoms with Crippen molar-refractivity contribution >= 4 is 17.6 Å². The fourth-order valence-corrected chi connectivity index (χ4v) is 2.80. The fourth-order valence-electron chi connectivity index (χ4n) is 2.80. The van der Waals surface area contributed by atoms with Crippen LogP contribution in [0.3, 0.4) is 0 Å². The number of carbonyl (C=O) groups excluding carboxylic acids is 1. The number of guanidine groups is 1. The number of benzene rings is 2. The number of carbonyl (C=O) groups is 1. The molecule has 0 saturated carbocycles. The molecule has 2 N–H and O–H groups in total. The first kappa shape index (κ1) is 21.0. The summed E-state index contributed by atoms with van der Waals surface area (Å²) in [5, 5.41) is 6.14. The van der Waals surface area contributed by atoms with Gasteiger partial charge in [0, 0.05) is 26.3 Å². The Morgan fingerprint density at radius 3 is 2.50 bits per heavy atom. The van der Waals surface area contributed by atoms with Crippen LogP contribution in [0.4, 0.5) is 5.69 Å². The van der Waals surface area contributed by atoms with Crippen molar-refractivity contribution in [2.45, 2.75) is 6.54 Å². The maximum Gasteiger partial charge on any atom is 0.291 e. The van der Waals surface area contributed by atoms with Crippen LogP contribution < -0.4 is 15.4 Å². The van der Waals surface area contributed by atoms with Gasteiger partial charge in [0.05, 0.1) is 12.8 Å². The summed E-state index contributed by atoms with van der Waals surface area (Å²) in [6, 6.07) is 20.7. The molecule has 0 aliphatic rings. The van der Waals surface area contributed by atoms with Gasteiger partial charge in [0.25, 0.3) is 5.91 Å². The number of nitrogens with one attached hydrogen (secondary N) is 2. The molecule has 0 aliphatic heterocycles. The third-order valence-corrected chi connectivity index (χ3v) is 4.42. The normalized spacial score (nSPS) is 11.1. The van der Waals surface area contributed by atoms with Gasteiger partial charge in [-0.25, -0.2) is 0 Å². The van der Waals surface area contributed by atoms with Crippen molar-refractivity contribution in [1.82, 2.24) is 10.2 Å². The van der Waals surface area contributed by atoms with Crippen LogP contribution in [0, 0.1) is 0 Å². The lowest BCUT2D eigenvalue weighted by atomic mass is 10.2. The van der Waals surface area contributed by atoms with Crippen molar-refractivity contribution in [1.29, 1.82) is 0 Å². The van der Waals surface area contributed by atoms with E-state index < -0.39 is 0 Å². The standard InChI is InChI=1S/C23H26N4O3/c1-24-23(27(2)14-16-29-20-7-4-3-5-8-20)25-17-18-10-12-19(13-11-18)26-22(28)21-9-6-15-30-21/h3-13,15H,14,16-17H2,1-2H3,(H,24,25)(H,26,28). The first-order valence-corrected chi connectivity index (χ1v) is 9.69. The Morgan fingerprint density at radius 1 is 1.07 bits per heavy atom. The van der Waals surface area contributed by atoms with Crippen LogP contribution in [-0.4, -0.2) is 44.0 Å². The molecule has 30 heavy (non-hydrogen) atoms. The highest BCUT2D eigenvalue weighted by molar-refractivity contribution is 6.02. The van der Waals surface area contributed by atoms with E-state index in [2.05, 4.69) is 15.6 Å². The number of likely N-dealkylation sites (N-methyl/N-ethyl adjacent to an activating group) is 1. The monoisotopic (exact) mass is 406 g/mol. The minimum atomic E-state index is -0.273. The zero-order chi connectivity index (χ0) is 21.2. The predicted octanol–water partition coefficient (Wildman–Crippen LogP) is 3.62. The molecule has 0 unspecified atom stereocenters. The molecule has 0 spiro atoms. The number of aliphatic imine (C=N–C) groups is 1. The Hall–Kier alpha value is -3.74. The Bertz CT molecular complexity index is 938. The average Bonchev–Trinajstić information content (AvgIpc) is 3.31. The summed E-state index contributed by atoms with van der Waals surface area (Å²) < 4.78 is 10.8. The third kappa shape index (κ3) is 6.13. The molecule has 156 valence electrons. The molecule has 7 nitrogen and oxygen atoms in total. The molecular weight excluding hydrogens is 380 g/mol. The lowest BCUT2D eigenvalue weighted by Crippen LogP contribution is -2.40. The van der Waals surface area contributed by atoms with Gasteiger partial charge in [0.2, 0.25) is 0 Å². The van der Waals surface area contributed by atoms with E-state index in [0.29, 0.717) is 25.4 Å². The SMILES string of the molecule is CN=C(NCc1ccc(NC(=O)c2ccco2)cc1)N(C)CCOc1ccccc1. The van der Waals surface area contributed by atoms with E-state index >= 15 is 0 Å². The number of nitrogens with zero attached hydrogens (tertiary/aromatic N) is 2. The molecule has 1 heterocycles. The van der Waals surface area contributed by atoms with Crippen molar-refractivity contribution in [3.05, 3.63) is 84.3 Å². The van der Waals surface area contributed by atoms with Gasteiger partial charge in [-0.05, 0) is 42.0 Å². The highest BCUT2D eigenvalue weighted by Crippen LogP contribution is 2.12. The average molecular weight is 406 g/mol. The number of amides is 1. The van der Waals surface area contributed by atoms with E-state index in [1.54, 1.807) is 19.2 Å². The quantitative estimate of drug-likeness (QED) is 0.441. The first-order chi connectivity index (χ1) is 14.7. The van der Waals surface area contributed by atoms with Gasteiger partial charge in [-0.15, -0.1) is 0 Å². The topological polar surface area (TPSA) is 79.1 Å². The van der Waals surface area contributed by atoms with Crippen molar-refractivity contribution in [3.63, 3.8) is 0 Å². The summed E-state index contributed by atoms with van der Waals surface area (Å²) in [4.78, 5) is 18.4. The van der Waals surface area contributed by atoms with Crippen molar-refractivity contribution < 1.29 is 13.9 Å². The summed E-state index contributed by atoms with van der Waals surface area (Å²) in [5.74, 6) is 1.64. The smallest absolute Gasteiger partial charge is 0.291 e. The van der Waals surface area contributed by atoms with Gasteiger partial charge in [0.15, 0.2) is 11.7 Å². The van der Waals surface area contributed by atoms with Gasteiger partial charge in [0.1, 0.15) is 12.4 Å². The minimum Gasteiger partial charge on any atom is -0.492 e. The molecular formula is C23H26N4O3. The second kappa shape index (κ2) is 10.7. The highest BCUT2D eigenvalue weighted by Gasteiger charge is 2.09. The van der Waals surface area contributed by atoms with Crippen LogP contribution in [0.25, 0.3) is 0 Å². The first-order valence-electron chi connectivity index (χ1n) is 9.69. The van der Waals surface area contributed by atoms with Gasteiger partial charge in [-0.3, -0.25) is 9.79 Å². The zero-order valence-electron chi connectivity index (χ0n) is 17.2. The lowest BCUT2D eigenvalue weighted by Gasteiger charge is -2.22. The van der Waals surface area contributed by atoms with Crippen LogP contribution in [-0.2, 0) is 6.54 Å². The number of hydrogen-bond donors (Lipinski definition) is 2. The lowest BCUT2D eigenvalue weighted by molar-refractivity contribution is 0.0996. The molecule has 0 fully saturated rings. The van der Waals surface area contributed by atoms with E-state index in [0.717, 1.165) is 17.3 Å². The predicted molar refractivity (Wildman–Crippen MR) is 118 cm³/mol. The van der Waals surface area contributed by atoms with Crippen LogP contribution in [0.15, 0.2) is 82.4 Å². The second-order valence-corrected chi connectivity index (χ2v) is 6.61. The minimum absolute atomic E-state index is 0.273. The molecule has 0 bridgehead atoms. The molecule has 7 heteroatoms. The molecule has 0 radical (unpaired) electrons. The summed E-state index contributed by atoms with van der Waals surface area (Å²) in [6.45, 7) is 1.88. The van der Waals surface area contributed by atoms with Crippen LogP contribution in [0.5, 0.6) is 5.75 Å². The molecule has 2 aromatic carbocycles. The molecule has 3 rings (SSSR count). The zero-order valence-corrected chi connectivity index (χ0v) is 17.2. The number of furan rings is 1. The molecule has 0 aliphatic carbocycles. The van der Waals surface area contributed by atoms with E-state index in [-0.39, 0.29) is 11.7 Å². The largest absolute Gasteiger partial charge is 0.492 e. The van der Waals surface area contributed by atoms with Gasteiger partial charge in [-0.2, -0.15) is 0 Å². The van der Waals surface area contributed by atoms with Gasteiger partial charge >= 0.3 is 0 Å². The number of anilines is 1. The number of para-hydroxylation sites is 1. The number of rotatable bonds is 8. The highest BCUT2D eigenvalue weighted by atomic mass is 16.5. The van der Waals surface area contributed by atoms with Crippen molar-refractivity contribution in [2.24, 2.45) is 4.99 Å². The summed E-state index contributed by atoms with van der Waals surface area (Å²) >= 11 is 0. The van der Waals surface area contributed by atoms with E-state index in [9.17, 15) is 4.79 Å². The van der Waals surface area contributed by atoms with Crippen LogP contribution >= 0.6 is 0 Å². The van der Waals surface area contributed by atoms with Crippen molar-refractivity contribution in [2.75, 3.05) is 32.6 Å². The molecule has 0 atom stereocenters. The Kier molecular flexibility index (Phi) is 7.49. The summed E-state index contributed by atoms with van der Waals surface area (Å²) in [7, 11) is 3.72. The summed E-state index contributed by atoms with van der Waals surface area (Å²) in [6.07, 6.45) is 1.47. The Morgan fingerprint density at radius 2 is 1.83 bits per heavy atom. The molecule has 0 saturated heterocycles. The van der Waals surface area contributed by atoms with Crippen LogP contribution in [0.1, 0.15) is 16.1 Å². The Balaban J connectivity index is 1.44. The Labute approximate surface area is 176 Å². The molecule has 1 amide bonds. The fraction of sp³-hybridized carbons (Fsp3) is 0.217. The summed E-state index contributed by atoms with van der Waals surface area (Å²) in [5.41, 5.74) is 1.78. The van der Waals surface area contributed by atoms with Gasteiger partial charge < -0.3 is 24.7 Å². The van der Waals surface area contributed by atoms with E-state index in [1.165, 1.54) is 6.26 Å². The number of ether oxygens (including phenoxy) is 1.